The number of aromatic nitrogens is 2. The van der Waals surface area contributed by atoms with Crippen molar-refractivity contribution in [3.05, 3.63) is 53.9 Å². The standard InChI is InChI=1S/C19H19N3O5/c1-23-15-7-5-4-6-14(15)19-21-18(27-22-19)12-26-20-11-13-8-9-16(24-2)17(10-13)25-3/h4-11H,12H2,1-3H3/b20-11-. The molecule has 0 amide bonds. The molecule has 0 fully saturated rings. The van der Waals surface area contributed by atoms with Crippen LogP contribution in [0.3, 0.4) is 0 Å². The molecule has 1 heterocycles. The monoisotopic (exact) mass is 369 g/mol. The Bertz CT molecular complexity index is 923. The maximum atomic E-state index is 5.30. The van der Waals surface area contributed by atoms with Gasteiger partial charge < -0.3 is 23.6 Å². The van der Waals surface area contributed by atoms with Gasteiger partial charge in [-0.2, -0.15) is 4.98 Å². The van der Waals surface area contributed by atoms with Gasteiger partial charge in [0, 0.05) is 5.56 Å². The first-order valence-corrected chi connectivity index (χ1v) is 8.08. The second-order valence-corrected chi connectivity index (χ2v) is 5.33. The first-order chi connectivity index (χ1) is 13.2. The minimum Gasteiger partial charge on any atom is -0.496 e. The van der Waals surface area contributed by atoms with Crippen molar-refractivity contribution >= 4 is 6.21 Å². The average Bonchev–Trinajstić information content (AvgIpc) is 3.19. The number of oxime groups is 1. The zero-order valence-electron chi connectivity index (χ0n) is 15.2. The van der Waals surface area contributed by atoms with E-state index in [0.717, 1.165) is 11.1 Å². The molecule has 0 aliphatic rings. The van der Waals surface area contributed by atoms with E-state index in [0.29, 0.717) is 29.0 Å². The van der Waals surface area contributed by atoms with Gasteiger partial charge in [0.05, 0.1) is 33.1 Å². The van der Waals surface area contributed by atoms with Crippen molar-refractivity contribution < 1.29 is 23.6 Å². The average molecular weight is 369 g/mol. The van der Waals surface area contributed by atoms with Gasteiger partial charge in [-0.05, 0) is 30.3 Å². The lowest BCUT2D eigenvalue weighted by molar-refractivity contribution is 0.107. The lowest BCUT2D eigenvalue weighted by Crippen LogP contribution is -1.93. The topological polar surface area (TPSA) is 88.2 Å². The molecule has 0 N–H and O–H groups in total. The number of methoxy groups -OCH3 is 3. The Morgan fingerprint density at radius 3 is 2.52 bits per heavy atom. The molecule has 0 aliphatic heterocycles. The van der Waals surface area contributed by atoms with E-state index in [1.807, 2.05) is 30.3 Å². The van der Waals surface area contributed by atoms with E-state index < -0.39 is 0 Å². The molecule has 0 saturated heterocycles. The van der Waals surface area contributed by atoms with Crippen molar-refractivity contribution in [1.29, 1.82) is 0 Å². The molecular formula is C19H19N3O5. The van der Waals surface area contributed by atoms with Crippen molar-refractivity contribution in [1.82, 2.24) is 10.1 Å². The summed E-state index contributed by atoms with van der Waals surface area (Å²) in [5.41, 5.74) is 1.54. The second-order valence-electron chi connectivity index (χ2n) is 5.33. The quantitative estimate of drug-likeness (QED) is 0.444. The molecule has 0 aliphatic carbocycles. The minimum absolute atomic E-state index is 0.0476. The molecule has 0 atom stereocenters. The highest BCUT2D eigenvalue weighted by atomic mass is 16.6. The van der Waals surface area contributed by atoms with Gasteiger partial charge in [-0.3, -0.25) is 0 Å². The Labute approximate surface area is 156 Å². The third kappa shape index (κ3) is 4.35. The highest BCUT2D eigenvalue weighted by Crippen LogP contribution is 2.28. The van der Waals surface area contributed by atoms with Crippen LogP contribution in [0.5, 0.6) is 17.2 Å². The Morgan fingerprint density at radius 1 is 0.963 bits per heavy atom. The smallest absolute Gasteiger partial charge is 0.267 e. The normalized spacial score (nSPS) is 10.8. The van der Waals surface area contributed by atoms with Crippen molar-refractivity contribution in [3.8, 4) is 28.6 Å². The first kappa shape index (κ1) is 18.2. The molecule has 8 nitrogen and oxygen atoms in total. The number of nitrogens with zero attached hydrogens (tertiary/aromatic N) is 3. The summed E-state index contributed by atoms with van der Waals surface area (Å²) in [6.07, 6.45) is 1.56. The minimum atomic E-state index is 0.0476. The van der Waals surface area contributed by atoms with E-state index in [9.17, 15) is 0 Å². The summed E-state index contributed by atoms with van der Waals surface area (Å²) in [5.74, 6) is 2.65. The lowest BCUT2D eigenvalue weighted by atomic mass is 10.2. The maximum absolute atomic E-state index is 5.30. The largest absolute Gasteiger partial charge is 0.496 e. The van der Waals surface area contributed by atoms with Gasteiger partial charge in [0.1, 0.15) is 5.75 Å². The van der Waals surface area contributed by atoms with E-state index in [1.165, 1.54) is 0 Å². The second kappa shape index (κ2) is 8.70. The Morgan fingerprint density at radius 2 is 1.74 bits per heavy atom. The van der Waals surface area contributed by atoms with E-state index in [2.05, 4.69) is 15.3 Å². The van der Waals surface area contributed by atoms with Crippen LogP contribution < -0.4 is 14.2 Å². The van der Waals surface area contributed by atoms with Crippen molar-refractivity contribution in [2.24, 2.45) is 5.16 Å². The molecule has 3 aromatic rings. The fourth-order valence-electron chi connectivity index (χ4n) is 2.38. The van der Waals surface area contributed by atoms with Crippen LogP contribution in [0, 0.1) is 0 Å². The van der Waals surface area contributed by atoms with Crippen LogP contribution in [-0.2, 0) is 11.4 Å². The van der Waals surface area contributed by atoms with Crippen molar-refractivity contribution in [2.45, 2.75) is 6.61 Å². The van der Waals surface area contributed by atoms with Crippen LogP contribution in [-0.4, -0.2) is 37.7 Å². The summed E-state index contributed by atoms with van der Waals surface area (Å²) in [6.45, 7) is 0.0476. The lowest BCUT2D eigenvalue weighted by Gasteiger charge is -2.07. The van der Waals surface area contributed by atoms with Crippen LogP contribution in [0.2, 0.25) is 0 Å². The highest BCUT2D eigenvalue weighted by molar-refractivity contribution is 5.80. The number of hydrogen-bond acceptors (Lipinski definition) is 8. The van der Waals surface area contributed by atoms with E-state index in [4.69, 9.17) is 23.6 Å². The molecule has 27 heavy (non-hydrogen) atoms. The zero-order chi connectivity index (χ0) is 19.1. The molecule has 0 radical (unpaired) electrons. The van der Waals surface area contributed by atoms with Crippen LogP contribution in [0.15, 0.2) is 52.1 Å². The number of rotatable bonds is 8. The highest BCUT2D eigenvalue weighted by Gasteiger charge is 2.13. The van der Waals surface area contributed by atoms with Crippen molar-refractivity contribution in [3.63, 3.8) is 0 Å². The van der Waals surface area contributed by atoms with Gasteiger partial charge in [-0.1, -0.05) is 22.4 Å². The van der Waals surface area contributed by atoms with Crippen molar-refractivity contribution in [2.75, 3.05) is 21.3 Å². The molecule has 3 rings (SSSR count). The van der Waals surface area contributed by atoms with Gasteiger partial charge in [0.2, 0.25) is 5.82 Å². The van der Waals surface area contributed by atoms with E-state index in [-0.39, 0.29) is 6.61 Å². The number of para-hydroxylation sites is 1. The summed E-state index contributed by atoms with van der Waals surface area (Å²) in [4.78, 5) is 9.52. The van der Waals surface area contributed by atoms with Crippen LogP contribution >= 0.6 is 0 Å². The predicted octanol–water partition coefficient (Wildman–Crippen LogP) is 3.31. The number of hydrogen-bond donors (Lipinski definition) is 0. The van der Waals surface area contributed by atoms with Gasteiger partial charge in [-0.25, -0.2) is 0 Å². The van der Waals surface area contributed by atoms with E-state index in [1.54, 1.807) is 39.7 Å². The van der Waals surface area contributed by atoms with E-state index >= 15 is 0 Å². The molecule has 140 valence electrons. The molecule has 1 aromatic heterocycles. The number of ether oxygens (including phenoxy) is 3. The molecular weight excluding hydrogens is 350 g/mol. The molecule has 8 heteroatoms. The third-order valence-corrected chi connectivity index (χ3v) is 3.69. The third-order valence-electron chi connectivity index (χ3n) is 3.69. The summed E-state index contributed by atoms with van der Waals surface area (Å²) >= 11 is 0. The van der Waals surface area contributed by atoms with Gasteiger partial charge in [-0.15, -0.1) is 0 Å². The Balaban J connectivity index is 1.61. The Kier molecular flexibility index (Phi) is 5.88. The summed E-state index contributed by atoms with van der Waals surface area (Å²) in [6, 6.07) is 12.8. The summed E-state index contributed by atoms with van der Waals surface area (Å²) < 4.78 is 20.9. The van der Waals surface area contributed by atoms with Crippen LogP contribution in [0.25, 0.3) is 11.4 Å². The molecule has 0 bridgehead atoms. The Hall–Kier alpha value is -3.55. The fraction of sp³-hybridized carbons (Fsp3) is 0.211. The number of benzene rings is 2. The summed E-state index contributed by atoms with van der Waals surface area (Å²) in [7, 11) is 4.74. The fourth-order valence-corrected chi connectivity index (χ4v) is 2.38. The summed E-state index contributed by atoms with van der Waals surface area (Å²) in [5, 5.41) is 7.85. The first-order valence-electron chi connectivity index (χ1n) is 8.08. The molecule has 0 saturated carbocycles. The van der Waals surface area contributed by atoms with Gasteiger partial charge in [0.15, 0.2) is 18.1 Å². The van der Waals surface area contributed by atoms with Crippen LogP contribution in [0.1, 0.15) is 11.5 Å². The SMILES string of the molecule is COc1ccc(/C=N\OCc2nc(-c3ccccc3OC)no2)cc1OC. The molecule has 2 aromatic carbocycles. The molecule has 0 spiro atoms. The maximum Gasteiger partial charge on any atom is 0.267 e. The van der Waals surface area contributed by atoms with Gasteiger partial charge in [0.25, 0.3) is 5.89 Å². The predicted molar refractivity (Wildman–Crippen MR) is 98.2 cm³/mol. The molecule has 0 unspecified atom stereocenters. The van der Waals surface area contributed by atoms with Crippen LogP contribution in [0.4, 0.5) is 0 Å². The van der Waals surface area contributed by atoms with Gasteiger partial charge >= 0.3 is 0 Å². The zero-order valence-corrected chi connectivity index (χ0v) is 15.2.